The molecule has 4 rings (SSSR count). The van der Waals surface area contributed by atoms with E-state index >= 15 is 0 Å². The van der Waals surface area contributed by atoms with Gasteiger partial charge in [0.25, 0.3) is 0 Å². The summed E-state index contributed by atoms with van der Waals surface area (Å²) in [5.41, 5.74) is -5.95. The maximum atomic E-state index is 13.4. The fourth-order valence-electron chi connectivity index (χ4n) is 5.32. The van der Waals surface area contributed by atoms with E-state index in [1.807, 2.05) is 0 Å². The second-order valence-electron chi connectivity index (χ2n) is 8.43. The van der Waals surface area contributed by atoms with E-state index in [2.05, 4.69) is 0 Å². The summed E-state index contributed by atoms with van der Waals surface area (Å²) >= 11 is 0. The van der Waals surface area contributed by atoms with Gasteiger partial charge >= 0.3 is 0 Å². The quantitative estimate of drug-likeness (QED) is 0.230. The predicted octanol–water partition coefficient (Wildman–Crippen LogP) is 0.572. The summed E-state index contributed by atoms with van der Waals surface area (Å²) in [6.45, 7) is 3.46. The molecule has 160 valence electrons. The number of carbonyl (C=O) groups is 2. The molecule has 29 heavy (non-hydrogen) atoms. The fourth-order valence-corrected chi connectivity index (χ4v) is 5.32. The summed E-state index contributed by atoms with van der Waals surface area (Å²) in [5.74, 6) is -5.64. The zero-order valence-electron chi connectivity index (χ0n) is 17.0. The summed E-state index contributed by atoms with van der Waals surface area (Å²) in [6.07, 6.45) is 6.04. The van der Waals surface area contributed by atoms with Crippen LogP contribution in [0.4, 0.5) is 0 Å². The van der Waals surface area contributed by atoms with Crippen LogP contribution in [-0.4, -0.2) is 69.3 Å². The molecule has 8 heteroatoms. The first-order valence-electron chi connectivity index (χ1n) is 9.53. The SMILES string of the molecule is C/C=C/C=C/C(O)=C1/C(=O)[C@]2(C)C(=O)[C@@](C)(O)[C@H]1[C@]1(O)CO[C@@](CO)(OC)C[C@H]21. The van der Waals surface area contributed by atoms with Crippen molar-refractivity contribution in [2.45, 2.75) is 44.2 Å². The molecule has 0 radical (unpaired) electrons. The molecule has 4 N–H and O–H groups in total. The van der Waals surface area contributed by atoms with Crippen molar-refractivity contribution in [2.75, 3.05) is 20.3 Å². The minimum Gasteiger partial charge on any atom is -0.508 e. The molecular weight excluding hydrogens is 380 g/mol. The van der Waals surface area contributed by atoms with Crippen LogP contribution < -0.4 is 0 Å². The highest BCUT2D eigenvalue weighted by Gasteiger charge is 2.78. The number of aliphatic hydroxyl groups is 4. The number of hydrogen-bond donors (Lipinski definition) is 4. The zero-order chi connectivity index (χ0) is 21.8. The molecular formula is C21H28O8. The molecule has 1 heterocycles. The van der Waals surface area contributed by atoms with Gasteiger partial charge in [0.05, 0.1) is 24.5 Å². The summed E-state index contributed by atoms with van der Waals surface area (Å²) in [6, 6.07) is 0. The number of aliphatic hydroxyl groups excluding tert-OH is 2. The van der Waals surface area contributed by atoms with Crippen molar-refractivity contribution in [1.82, 2.24) is 0 Å². The molecule has 0 amide bonds. The second kappa shape index (κ2) is 6.85. The van der Waals surface area contributed by atoms with Crippen LogP contribution in [-0.2, 0) is 19.1 Å². The fraction of sp³-hybridized carbons (Fsp3) is 0.619. The minimum absolute atomic E-state index is 0.125. The van der Waals surface area contributed by atoms with Gasteiger partial charge < -0.3 is 29.9 Å². The number of hydrogen-bond acceptors (Lipinski definition) is 8. The monoisotopic (exact) mass is 408 g/mol. The Bertz CT molecular complexity index is 819. The Morgan fingerprint density at radius 2 is 1.93 bits per heavy atom. The second-order valence-corrected chi connectivity index (χ2v) is 8.43. The maximum absolute atomic E-state index is 13.4. The van der Waals surface area contributed by atoms with Crippen molar-refractivity contribution in [3.8, 4) is 0 Å². The summed E-state index contributed by atoms with van der Waals surface area (Å²) < 4.78 is 10.9. The Labute approximate surface area is 169 Å². The van der Waals surface area contributed by atoms with E-state index in [4.69, 9.17) is 9.47 Å². The van der Waals surface area contributed by atoms with Gasteiger partial charge in [-0.15, -0.1) is 0 Å². The molecule has 4 aliphatic rings. The van der Waals surface area contributed by atoms with E-state index in [0.29, 0.717) is 0 Å². The van der Waals surface area contributed by atoms with Crippen molar-refractivity contribution < 1.29 is 39.5 Å². The maximum Gasteiger partial charge on any atom is 0.191 e. The third kappa shape index (κ3) is 2.70. The summed E-state index contributed by atoms with van der Waals surface area (Å²) in [7, 11) is 1.33. The van der Waals surface area contributed by atoms with E-state index in [1.165, 1.54) is 33.1 Å². The van der Waals surface area contributed by atoms with Crippen LogP contribution in [0.5, 0.6) is 0 Å². The standard InChI is InChI=1S/C21H28O8/c1-5-6-7-8-12(23)14-15-19(3,26)17(25)18(2,16(14)24)13-9-20(10-22,28-4)29-11-21(13,15)27/h5-8,13,15,22-23,26-27H,9-11H2,1-4H3/b6-5+,8-7+,14-12-/t13-,15+,18-,19+,20+,21+/m1/s1. The highest BCUT2D eigenvalue weighted by Crippen LogP contribution is 2.64. The lowest BCUT2D eigenvalue weighted by Gasteiger charge is -2.65. The van der Waals surface area contributed by atoms with Crippen LogP contribution in [0.1, 0.15) is 27.2 Å². The molecule has 1 saturated heterocycles. The van der Waals surface area contributed by atoms with E-state index in [1.54, 1.807) is 19.1 Å². The number of ether oxygens (including phenoxy) is 2. The average molecular weight is 408 g/mol. The third-order valence-corrected chi connectivity index (χ3v) is 6.83. The number of Topliss-reactive ketones (excluding diaryl/α,β-unsaturated/α-hetero) is 2. The van der Waals surface area contributed by atoms with Crippen LogP contribution in [0.15, 0.2) is 35.6 Å². The van der Waals surface area contributed by atoms with Gasteiger partial charge in [-0.3, -0.25) is 9.59 Å². The first kappa shape index (κ1) is 21.9. The smallest absolute Gasteiger partial charge is 0.191 e. The van der Waals surface area contributed by atoms with E-state index in [9.17, 15) is 30.0 Å². The summed E-state index contributed by atoms with van der Waals surface area (Å²) in [5, 5.41) is 43.1. The van der Waals surface area contributed by atoms with Crippen molar-refractivity contribution >= 4 is 11.6 Å². The lowest BCUT2D eigenvalue weighted by Crippen LogP contribution is -2.80. The molecule has 4 fully saturated rings. The molecule has 0 aromatic carbocycles. The van der Waals surface area contributed by atoms with Crippen LogP contribution in [0.2, 0.25) is 0 Å². The lowest BCUT2D eigenvalue weighted by molar-refractivity contribution is -0.338. The van der Waals surface area contributed by atoms with Crippen molar-refractivity contribution in [1.29, 1.82) is 0 Å². The van der Waals surface area contributed by atoms with Gasteiger partial charge in [0.1, 0.15) is 17.0 Å². The average Bonchev–Trinajstić information content (AvgIpc) is 2.69. The van der Waals surface area contributed by atoms with Gasteiger partial charge in [0, 0.05) is 25.0 Å². The van der Waals surface area contributed by atoms with Gasteiger partial charge in [-0.25, -0.2) is 0 Å². The Morgan fingerprint density at radius 3 is 2.48 bits per heavy atom. The molecule has 3 saturated carbocycles. The number of allylic oxidation sites excluding steroid dienone is 4. The molecule has 0 unspecified atom stereocenters. The Balaban J connectivity index is 2.24. The van der Waals surface area contributed by atoms with Crippen molar-refractivity contribution in [3.05, 3.63) is 35.6 Å². The topological polar surface area (TPSA) is 134 Å². The number of methoxy groups -OCH3 is 1. The zero-order valence-corrected chi connectivity index (χ0v) is 17.0. The Hall–Kier alpha value is -1.84. The van der Waals surface area contributed by atoms with Gasteiger partial charge in [-0.05, 0) is 26.8 Å². The molecule has 0 aromatic rings. The Kier molecular flexibility index (Phi) is 5.16. The number of rotatable bonds is 4. The van der Waals surface area contributed by atoms with Crippen molar-refractivity contribution in [2.24, 2.45) is 17.3 Å². The van der Waals surface area contributed by atoms with E-state index in [-0.39, 0.29) is 12.0 Å². The molecule has 1 aliphatic heterocycles. The number of carbonyl (C=O) groups excluding carboxylic acids is 2. The van der Waals surface area contributed by atoms with Crippen molar-refractivity contribution in [3.63, 3.8) is 0 Å². The highest BCUT2D eigenvalue weighted by molar-refractivity contribution is 6.22. The first-order valence-corrected chi connectivity index (χ1v) is 9.53. The van der Waals surface area contributed by atoms with Crippen LogP contribution >= 0.6 is 0 Å². The number of fused-ring (bicyclic) bond motifs is 2. The number of ketones is 2. The van der Waals surface area contributed by atoms with Gasteiger partial charge in [-0.2, -0.15) is 0 Å². The molecule has 2 bridgehead atoms. The summed E-state index contributed by atoms with van der Waals surface area (Å²) in [4.78, 5) is 26.6. The van der Waals surface area contributed by atoms with Gasteiger partial charge in [0.2, 0.25) is 0 Å². The molecule has 3 aliphatic carbocycles. The largest absolute Gasteiger partial charge is 0.508 e. The molecule has 6 atom stereocenters. The van der Waals surface area contributed by atoms with Crippen LogP contribution in [0.25, 0.3) is 0 Å². The molecule has 0 spiro atoms. The lowest BCUT2D eigenvalue weighted by atomic mass is 9.41. The normalized spacial score (nSPS) is 46.6. The Morgan fingerprint density at radius 1 is 1.28 bits per heavy atom. The highest BCUT2D eigenvalue weighted by atomic mass is 16.7. The van der Waals surface area contributed by atoms with Gasteiger partial charge in [-0.1, -0.05) is 18.2 Å². The van der Waals surface area contributed by atoms with E-state index < -0.39 is 64.8 Å². The predicted molar refractivity (Wildman–Crippen MR) is 102 cm³/mol. The minimum atomic E-state index is -2.10. The van der Waals surface area contributed by atoms with E-state index in [0.717, 1.165) is 0 Å². The van der Waals surface area contributed by atoms with Crippen LogP contribution in [0, 0.1) is 17.3 Å². The van der Waals surface area contributed by atoms with Crippen LogP contribution in [0.3, 0.4) is 0 Å². The third-order valence-electron chi connectivity index (χ3n) is 6.83. The van der Waals surface area contributed by atoms with Gasteiger partial charge in [0.15, 0.2) is 17.4 Å². The first-order chi connectivity index (χ1) is 13.5. The molecule has 0 aromatic heterocycles. The molecule has 8 nitrogen and oxygen atoms in total.